The summed E-state index contributed by atoms with van der Waals surface area (Å²) < 4.78 is 10.8. The van der Waals surface area contributed by atoms with Crippen LogP contribution in [0.5, 0.6) is 5.75 Å². The van der Waals surface area contributed by atoms with Crippen molar-refractivity contribution < 1.29 is 14.3 Å². The number of ether oxygens (including phenoxy) is 2. The number of methoxy groups -OCH3 is 1. The SMILES string of the molecule is COC(=O)CCCCC(Br)CCc1ccccc1OCCCCCc1ccccc1. The number of alkyl halides is 1. The molecule has 0 aromatic heterocycles. The van der Waals surface area contributed by atoms with Gasteiger partial charge in [0, 0.05) is 11.2 Å². The molecule has 4 heteroatoms. The smallest absolute Gasteiger partial charge is 0.305 e. The molecular formula is C26H35BrO3. The van der Waals surface area contributed by atoms with Crippen molar-refractivity contribution in [2.45, 2.75) is 69.0 Å². The Morgan fingerprint density at radius 3 is 2.43 bits per heavy atom. The summed E-state index contributed by atoms with van der Waals surface area (Å²) in [5, 5.41) is 0. The van der Waals surface area contributed by atoms with Crippen LogP contribution in [0.3, 0.4) is 0 Å². The van der Waals surface area contributed by atoms with Crippen LogP contribution in [0.15, 0.2) is 54.6 Å². The molecule has 0 amide bonds. The molecule has 0 saturated heterocycles. The molecule has 0 bridgehead atoms. The Kier molecular flexibility index (Phi) is 12.3. The first-order valence-corrected chi connectivity index (χ1v) is 12.1. The van der Waals surface area contributed by atoms with E-state index >= 15 is 0 Å². The largest absolute Gasteiger partial charge is 0.493 e. The molecule has 0 saturated carbocycles. The van der Waals surface area contributed by atoms with Crippen molar-refractivity contribution in [1.29, 1.82) is 0 Å². The van der Waals surface area contributed by atoms with Crippen LogP contribution in [0, 0.1) is 0 Å². The number of hydrogen-bond donors (Lipinski definition) is 0. The van der Waals surface area contributed by atoms with Crippen molar-refractivity contribution in [3.05, 3.63) is 65.7 Å². The molecule has 0 fully saturated rings. The molecular weight excluding hydrogens is 440 g/mol. The molecule has 2 aromatic rings. The van der Waals surface area contributed by atoms with E-state index in [-0.39, 0.29) is 5.97 Å². The Morgan fingerprint density at radius 1 is 0.867 bits per heavy atom. The van der Waals surface area contributed by atoms with Gasteiger partial charge < -0.3 is 9.47 Å². The van der Waals surface area contributed by atoms with E-state index in [4.69, 9.17) is 4.74 Å². The van der Waals surface area contributed by atoms with E-state index < -0.39 is 0 Å². The monoisotopic (exact) mass is 474 g/mol. The van der Waals surface area contributed by atoms with Crippen molar-refractivity contribution in [3.8, 4) is 5.75 Å². The van der Waals surface area contributed by atoms with Gasteiger partial charge in [-0.15, -0.1) is 0 Å². The highest BCUT2D eigenvalue weighted by Gasteiger charge is 2.09. The summed E-state index contributed by atoms with van der Waals surface area (Å²) in [6.07, 6.45) is 10.2. The quantitative estimate of drug-likeness (QED) is 0.160. The lowest BCUT2D eigenvalue weighted by Gasteiger charge is -2.14. The number of esters is 1. The molecule has 0 aliphatic heterocycles. The molecule has 3 nitrogen and oxygen atoms in total. The van der Waals surface area contributed by atoms with E-state index in [1.165, 1.54) is 31.1 Å². The number of rotatable bonds is 15. The summed E-state index contributed by atoms with van der Waals surface area (Å²) in [7, 11) is 1.44. The predicted molar refractivity (Wildman–Crippen MR) is 127 cm³/mol. The number of unbranched alkanes of at least 4 members (excludes halogenated alkanes) is 3. The van der Waals surface area contributed by atoms with Crippen molar-refractivity contribution in [3.63, 3.8) is 0 Å². The Labute approximate surface area is 190 Å². The predicted octanol–water partition coefficient (Wildman–Crippen LogP) is 6.91. The maximum Gasteiger partial charge on any atom is 0.305 e. The fraction of sp³-hybridized carbons (Fsp3) is 0.500. The van der Waals surface area contributed by atoms with E-state index in [2.05, 4.69) is 69.2 Å². The second kappa shape index (κ2) is 15.1. The highest BCUT2D eigenvalue weighted by atomic mass is 79.9. The third kappa shape index (κ3) is 10.3. The second-order valence-corrected chi connectivity index (χ2v) is 9.01. The standard InChI is InChI=1S/C26H35BrO3/c1-29-26(28)18-10-8-16-24(27)20-19-23-15-7-9-17-25(23)30-21-11-3-6-14-22-12-4-2-5-13-22/h2,4-5,7,9,12-13,15,17,24H,3,6,8,10-11,14,16,18-21H2,1H3. The summed E-state index contributed by atoms with van der Waals surface area (Å²) in [5.74, 6) is 0.901. The van der Waals surface area contributed by atoms with Crippen molar-refractivity contribution in [2.75, 3.05) is 13.7 Å². The van der Waals surface area contributed by atoms with Crippen LogP contribution in [-0.4, -0.2) is 24.5 Å². The number of carbonyl (C=O) groups excluding carboxylic acids is 1. The third-order valence-corrected chi connectivity index (χ3v) is 6.20. The van der Waals surface area contributed by atoms with E-state index in [0.29, 0.717) is 11.2 Å². The number of halogens is 1. The Morgan fingerprint density at radius 2 is 1.63 bits per heavy atom. The van der Waals surface area contributed by atoms with E-state index in [0.717, 1.165) is 57.3 Å². The highest BCUT2D eigenvalue weighted by Crippen LogP contribution is 2.24. The average Bonchev–Trinajstić information content (AvgIpc) is 2.78. The summed E-state index contributed by atoms with van der Waals surface area (Å²) in [6, 6.07) is 19.1. The van der Waals surface area contributed by atoms with Crippen molar-refractivity contribution in [2.24, 2.45) is 0 Å². The normalized spacial score (nSPS) is 11.8. The number of aryl methyl sites for hydroxylation is 2. The van der Waals surface area contributed by atoms with Crippen LogP contribution in [0.25, 0.3) is 0 Å². The topological polar surface area (TPSA) is 35.5 Å². The average molecular weight is 475 g/mol. The number of para-hydroxylation sites is 1. The first kappa shape index (κ1) is 24.5. The van der Waals surface area contributed by atoms with Gasteiger partial charge in [-0.05, 0) is 68.6 Å². The lowest BCUT2D eigenvalue weighted by molar-refractivity contribution is -0.140. The summed E-state index contributed by atoms with van der Waals surface area (Å²) in [5.41, 5.74) is 2.69. The summed E-state index contributed by atoms with van der Waals surface area (Å²) >= 11 is 3.79. The maximum absolute atomic E-state index is 11.2. The van der Waals surface area contributed by atoms with Crippen LogP contribution in [0.2, 0.25) is 0 Å². The van der Waals surface area contributed by atoms with Crippen LogP contribution >= 0.6 is 15.9 Å². The number of carbonyl (C=O) groups is 1. The summed E-state index contributed by atoms with van der Waals surface area (Å²) in [4.78, 5) is 11.6. The lowest BCUT2D eigenvalue weighted by Crippen LogP contribution is -2.05. The van der Waals surface area contributed by atoms with Crippen LogP contribution in [0.4, 0.5) is 0 Å². The molecule has 2 rings (SSSR count). The molecule has 30 heavy (non-hydrogen) atoms. The van der Waals surface area contributed by atoms with Gasteiger partial charge in [0.15, 0.2) is 0 Å². The highest BCUT2D eigenvalue weighted by molar-refractivity contribution is 9.09. The number of benzene rings is 2. The lowest BCUT2D eigenvalue weighted by atomic mass is 10.0. The van der Waals surface area contributed by atoms with Crippen molar-refractivity contribution >= 4 is 21.9 Å². The molecule has 164 valence electrons. The molecule has 0 aliphatic carbocycles. The summed E-state index contributed by atoms with van der Waals surface area (Å²) in [6.45, 7) is 0.775. The first-order chi connectivity index (χ1) is 14.7. The Bertz CT molecular complexity index is 717. The molecule has 2 aromatic carbocycles. The molecule has 0 N–H and O–H groups in total. The molecule has 0 heterocycles. The minimum atomic E-state index is -0.118. The first-order valence-electron chi connectivity index (χ1n) is 11.1. The van der Waals surface area contributed by atoms with Gasteiger partial charge in [0.05, 0.1) is 13.7 Å². The van der Waals surface area contributed by atoms with Gasteiger partial charge in [-0.25, -0.2) is 0 Å². The van der Waals surface area contributed by atoms with Crippen LogP contribution in [-0.2, 0) is 22.4 Å². The van der Waals surface area contributed by atoms with E-state index in [1.54, 1.807) is 0 Å². The number of hydrogen-bond acceptors (Lipinski definition) is 3. The van der Waals surface area contributed by atoms with Gasteiger partial charge >= 0.3 is 5.97 Å². The van der Waals surface area contributed by atoms with Crippen molar-refractivity contribution in [1.82, 2.24) is 0 Å². The zero-order chi connectivity index (χ0) is 21.4. The van der Waals surface area contributed by atoms with Gasteiger partial charge in [-0.1, -0.05) is 70.9 Å². The third-order valence-electron chi connectivity index (χ3n) is 5.29. The molecule has 1 atom stereocenters. The molecule has 0 aliphatic rings. The zero-order valence-corrected chi connectivity index (χ0v) is 19.7. The Balaban J connectivity index is 1.61. The molecule has 0 spiro atoms. The maximum atomic E-state index is 11.2. The van der Waals surface area contributed by atoms with E-state index in [9.17, 15) is 4.79 Å². The fourth-order valence-corrected chi connectivity index (χ4v) is 4.03. The molecule has 1 unspecified atom stereocenters. The fourth-order valence-electron chi connectivity index (χ4n) is 3.48. The minimum Gasteiger partial charge on any atom is -0.493 e. The van der Waals surface area contributed by atoms with E-state index in [1.807, 2.05) is 6.07 Å². The minimum absolute atomic E-state index is 0.118. The Hall–Kier alpha value is -1.81. The second-order valence-electron chi connectivity index (χ2n) is 7.71. The van der Waals surface area contributed by atoms with Gasteiger partial charge in [-0.3, -0.25) is 4.79 Å². The zero-order valence-electron chi connectivity index (χ0n) is 18.2. The van der Waals surface area contributed by atoms with Gasteiger partial charge in [0.25, 0.3) is 0 Å². The van der Waals surface area contributed by atoms with Gasteiger partial charge in [0.2, 0.25) is 0 Å². The van der Waals surface area contributed by atoms with Gasteiger partial charge in [-0.2, -0.15) is 0 Å². The molecule has 0 radical (unpaired) electrons. The van der Waals surface area contributed by atoms with Crippen LogP contribution in [0.1, 0.15) is 62.5 Å². The van der Waals surface area contributed by atoms with Crippen LogP contribution < -0.4 is 4.74 Å². The van der Waals surface area contributed by atoms with Gasteiger partial charge in [0.1, 0.15) is 5.75 Å².